The molecular weight excluding hydrogens is 284 g/mol. The molecule has 2 aromatic heterocycles. The summed E-state index contributed by atoms with van der Waals surface area (Å²) in [4.78, 5) is 8.30. The minimum atomic E-state index is 0.487. The highest BCUT2D eigenvalue weighted by Crippen LogP contribution is 2.28. The maximum absolute atomic E-state index is 5.81. The van der Waals surface area contributed by atoms with E-state index in [4.69, 9.17) is 15.5 Å². The molecular formula is C15H26N4OS. The van der Waals surface area contributed by atoms with E-state index in [2.05, 4.69) is 34.7 Å². The number of nitrogens with two attached hydrogens (primary N) is 1. The van der Waals surface area contributed by atoms with Gasteiger partial charge < -0.3 is 15.4 Å². The molecule has 0 aliphatic carbocycles. The highest BCUT2D eigenvalue weighted by molar-refractivity contribution is 7.15. The Bertz CT molecular complexity index is 547. The smallest absolute Gasteiger partial charge is 0.195 e. The first-order chi connectivity index (χ1) is 10.3. The van der Waals surface area contributed by atoms with Gasteiger partial charge in [-0.15, -0.1) is 11.3 Å². The summed E-state index contributed by atoms with van der Waals surface area (Å²) in [7, 11) is 1.75. The van der Waals surface area contributed by atoms with Crippen molar-refractivity contribution in [1.82, 2.24) is 9.38 Å². The average molecular weight is 310 g/mol. The van der Waals surface area contributed by atoms with Gasteiger partial charge in [0.05, 0.1) is 12.3 Å². The second kappa shape index (κ2) is 7.77. The quantitative estimate of drug-likeness (QED) is 0.773. The van der Waals surface area contributed by atoms with Crippen molar-refractivity contribution in [2.45, 2.75) is 39.2 Å². The minimum Gasteiger partial charge on any atom is -0.383 e. The number of thiazole rings is 1. The average Bonchev–Trinajstić information content (AvgIpc) is 3.06. The number of fused-ring (bicyclic) bond motifs is 1. The largest absolute Gasteiger partial charge is 0.383 e. The van der Waals surface area contributed by atoms with E-state index in [-0.39, 0.29) is 0 Å². The Morgan fingerprint density at radius 3 is 2.81 bits per heavy atom. The maximum atomic E-state index is 5.81. The molecule has 2 N–H and O–H groups in total. The molecule has 0 amide bonds. The molecule has 6 heteroatoms. The van der Waals surface area contributed by atoms with Gasteiger partial charge in [0, 0.05) is 37.7 Å². The van der Waals surface area contributed by atoms with Gasteiger partial charge in [-0.3, -0.25) is 4.40 Å². The number of nitrogens with zero attached hydrogens (tertiary/aromatic N) is 3. The van der Waals surface area contributed by atoms with Crippen LogP contribution < -0.4 is 10.6 Å². The van der Waals surface area contributed by atoms with Crippen molar-refractivity contribution in [2.75, 3.05) is 31.7 Å². The first-order valence-corrected chi connectivity index (χ1v) is 8.54. The summed E-state index contributed by atoms with van der Waals surface area (Å²) in [5.74, 6) is 1.08. The van der Waals surface area contributed by atoms with Crippen molar-refractivity contribution >= 4 is 22.1 Å². The summed E-state index contributed by atoms with van der Waals surface area (Å²) < 4.78 is 7.47. The number of ether oxygens (including phenoxy) is 1. The number of imidazole rings is 1. The second-order valence-corrected chi connectivity index (χ2v) is 6.01. The van der Waals surface area contributed by atoms with Gasteiger partial charge in [0.1, 0.15) is 0 Å². The molecule has 0 aromatic carbocycles. The molecule has 0 fully saturated rings. The molecule has 5 nitrogen and oxygen atoms in total. The van der Waals surface area contributed by atoms with Crippen LogP contribution in [0.4, 0.5) is 5.82 Å². The third-order valence-electron chi connectivity index (χ3n) is 3.91. The van der Waals surface area contributed by atoms with Crippen LogP contribution in [0.25, 0.3) is 4.96 Å². The van der Waals surface area contributed by atoms with Gasteiger partial charge in [0.25, 0.3) is 0 Å². The molecule has 0 bridgehead atoms. The van der Waals surface area contributed by atoms with Crippen LogP contribution in [0.15, 0.2) is 11.6 Å². The zero-order valence-electron chi connectivity index (χ0n) is 13.2. The van der Waals surface area contributed by atoms with Gasteiger partial charge in [0.15, 0.2) is 10.8 Å². The maximum Gasteiger partial charge on any atom is 0.195 e. The molecule has 0 radical (unpaired) electrons. The highest BCUT2D eigenvalue weighted by Gasteiger charge is 2.23. The molecule has 0 unspecified atom stereocenters. The van der Waals surface area contributed by atoms with Gasteiger partial charge in [-0.05, 0) is 19.4 Å². The molecule has 0 atom stereocenters. The van der Waals surface area contributed by atoms with Crippen LogP contribution in [0.3, 0.4) is 0 Å². The van der Waals surface area contributed by atoms with Crippen molar-refractivity contribution in [1.29, 1.82) is 0 Å². The monoisotopic (exact) mass is 310 g/mol. The van der Waals surface area contributed by atoms with E-state index in [1.807, 2.05) is 0 Å². The van der Waals surface area contributed by atoms with E-state index in [9.17, 15) is 0 Å². The standard InChI is InChI=1S/C15H26N4OS/c1-4-12(5-2)18(8-10-20-3)14-13(6-7-16)19-9-11-21-15(19)17-14/h9,11-12H,4-8,10,16H2,1-3H3. The Morgan fingerprint density at radius 2 is 2.19 bits per heavy atom. The molecule has 0 spiro atoms. The van der Waals surface area contributed by atoms with Crippen LogP contribution in [0.1, 0.15) is 32.4 Å². The highest BCUT2D eigenvalue weighted by atomic mass is 32.1. The second-order valence-electron chi connectivity index (χ2n) is 5.13. The number of aromatic nitrogens is 2. The fourth-order valence-electron chi connectivity index (χ4n) is 2.80. The van der Waals surface area contributed by atoms with Crippen molar-refractivity contribution < 1.29 is 4.74 Å². The number of methoxy groups -OCH3 is 1. The summed E-state index contributed by atoms with van der Waals surface area (Å²) in [6.07, 6.45) is 5.14. The van der Waals surface area contributed by atoms with Crippen LogP contribution in [-0.2, 0) is 11.2 Å². The number of rotatable bonds is 9. The molecule has 0 aliphatic heterocycles. The number of anilines is 1. The normalized spacial score (nSPS) is 11.7. The van der Waals surface area contributed by atoms with Crippen LogP contribution >= 0.6 is 11.3 Å². The third-order valence-corrected chi connectivity index (χ3v) is 4.67. The fraction of sp³-hybridized carbons (Fsp3) is 0.667. The lowest BCUT2D eigenvalue weighted by molar-refractivity contribution is 0.202. The van der Waals surface area contributed by atoms with E-state index in [1.54, 1.807) is 18.4 Å². The van der Waals surface area contributed by atoms with Crippen LogP contribution in [0.2, 0.25) is 0 Å². The molecule has 0 aliphatic rings. The SMILES string of the molecule is CCC(CC)N(CCOC)c1nc2sccn2c1CCN. The van der Waals surface area contributed by atoms with Crippen molar-refractivity contribution in [3.05, 3.63) is 17.3 Å². The predicted octanol–water partition coefficient (Wildman–Crippen LogP) is 2.54. The lowest BCUT2D eigenvalue weighted by Crippen LogP contribution is -2.38. The Balaban J connectivity index is 2.41. The summed E-state index contributed by atoms with van der Waals surface area (Å²) in [6, 6.07) is 0.487. The van der Waals surface area contributed by atoms with Crippen molar-refractivity contribution in [3.63, 3.8) is 0 Å². The van der Waals surface area contributed by atoms with Gasteiger partial charge in [-0.1, -0.05) is 13.8 Å². The van der Waals surface area contributed by atoms with Gasteiger partial charge in [0.2, 0.25) is 0 Å². The zero-order chi connectivity index (χ0) is 15.2. The lowest BCUT2D eigenvalue weighted by Gasteiger charge is -2.31. The Kier molecular flexibility index (Phi) is 6.02. The first-order valence-electron chi connectivity index (χ1n) is 7.66. The molecule has 2 aromatic rings. The number of hydrogen-bond acceptors (Lipinski definition) is 5. The number of hydrogen-bond donors (Lipinski definition) is 1. The topological polar surface area (TPSA) is 55.8 Å². The first kappa shape index (κ1) is 16.3. The summed E-state index contributed by atoms with van der Waals surface area (Å²) >= 11 is 1.67. The summed E-state index contributed by atoms with van der Waals surface area (Å²) in [5.41, 5.74) is 7.03. The summed E-state index contributed by atoms with van der Waals surface area (Å²) in [6.45, 7) is 6.68. The molecule has 0 saturated carbocycles. The Morgan fingerprint density at radius 1 is 1.43 bits per heavy atom. The molecule has 2 rings (SSSR count). The van der Waals surface area contributed by atoms with E-state index >= 15 is 0 Å². The minimum absolute atomic E-state index is 0.487. The summed E-state index contributed by atoms with van der Waals surface area (Å²) in [5, 5.41) is 2.07. The van der Waals surface area contributed by atoms with Crippen LogP contribution in [-0.4, -0.2) is 42.2 Å². The third kappa shape index (κ3) is 3.39. The Labute approximate surface area is 130 Å². The molecule has 0 saturated heterocycles. The van der Waals surface area contributed by atoms with Gasteiger partial charge >= 0.3 is 0 Å². The van der Waals surface area contributed by atoms with Crippen molar-refractivity contribution in [2.24, 2.45) is 5.73 Å². The van der Waals surface area contributed by atoms with E-state index in [0.717, 1.165) is 36.6 Å². The molecule has 2 heterocycles. The lowest BCUT2D eigenvalue weighted by atomic mass is 10.1. The molecule has 21 heavy (non-hydrogen) atoms. The Hall–Kier alpha value is -1.11. The van der Waals surface area contributed by atoms with Crippen molar-refractivity contribution in [3.8, 4) is 0 Å². The van der Waals surface area contributed by atoms with Crippen LogP contribution in [0.5, 0.6) is 0 Å². The van der Waals surface area contributed by atoms with E-state index in [0.29, 0.717) is 19.2 Å². The van der Waals surface area contributed by atoms with E-state index < -0.39 is 0 Å². The van der Waals surface area contributed by atoms with E-state index in [1.165, 1.54) is 5.69 Å². The fourth-order valence-corrected chi connectivity index (χ4v) is 3.53. The predicted molar refractivity (Wildman–Crippen MR) is 89.4 cm³/mol. The van der Waals surface area contributed by atoms with Gasteiger partial charge in [-0.2, -0.15) is 0 Å². The van der Waals surface area contributed by atoms with Crippen LogP contribution in [0, 0.1) is 0 Å². The zero-order valence-corrected chi connectivity index (χ0v) is 14.0. The van der Waals surface area contributed by atoms with Gasteiger partial charge in [-0.25, -0.2) is 4.98 Å². The molecule has 118 valence electrons.